The van der Waals surface area contributed by atoms with Crippen LogP contribution in [-0.4, -0.2) is 26.1 Å². The van der Waals surface area contributed by atoms with E-state index in [1.165, 1.54) is 25.9 Å². The van der Waals surface area contributed by atoms with Gasteiger partial charge in [-0.1, -0.05) is 19.6 Å². The minimum absolute atomic E-state index is 1.13. The molecule has 2 heteroatoms. The van der Waals surface area contributed by atoms with Crippen molar-refractivity contribution in [3.05, 3.63) is 0 Å². The van der Waals surface area contributed by atoms with Crippen LogP contribution in [-0.2, 0) is 0 Å². The molecular formula is C9H17NSi. The van der Waals surface area contributed by atoms with Gasteiger partial charge in [-0.05, 0) is 18.9 Å². The molecule has 0 bridgehead atoms. The summed E-state index contributed by atoms with van der Waals surface area (Å²) in [7, 11) is -1.13. The number of nitrogens with zero attached hydrogens (tertiary/aromatic N) is 1. The predicted octanol–water partition coefficient (Wildman–Crippen LogP) is 1.92. The monoisotopic (exact) mass is 167 g/mol. The van der Waals surface area contributed by atoms with Crippen LogP contribution in [0.15, 0.2) is 0 Å². The summed E-state index contributed by atoms with van der Waals surface area (Å²) in [4.78, 5) is 2.26. The highest BCUT2D eigenvalue weighted by atomic mass is 28.3. The van der Waals surface area contributed by atoms with Gasteiger partial charge >= 0.3 is 0 Å². The van der Waals surface area contributed by atoms with Crippen LogP contribution in [0.1, 0.15) is 12.8 Å². The lowest BCUT2D eigenvalue weighted by Gasteiger charge is -2.09. The van der Waals surface area contributed by atoms with E-state index in [4.69, 9.17) is 0 Å². The van der Waals surface area contributed by atoms with E-state index in [9.17, 15) is 0 Å². The Bertz CT molecular complexity index is 176. The molecule has 1 rings (SSSR count). The quantitative estimate of drug-likeness (QED) is 0.393. The van der Waals surface area contributed by atoms with Gasteiger partial charge in [0.2, 0.25) is 0 Å². The van der Waals surface area contributed by atoms with Crippen LogP contribution in [0.4, 0.5) is 0 Å². The van der Waals surface area contributed by atoms with Crippen molar-refractivity contribution in [3.8, 4) is 11.6 Å². The maximum atomic E-state index is 3.38. The van der Waals surface area contributed by atoms with Crippen molar-refractivity contribution in [2.45, 2.75) is 32.5 Å². The molecule has 1 nitrogen and oxygen atoms in total. The maximum absolute atomic E-state index is 3.38. The summed E-state index contributed by atoms with van der Waals surface area (Å²) < 4.78 is 0. The molecule has 0 unspecified atom stereocenters. The third-order valence-corrected chi connectivity index (χ3v) is 2.56. The molecule has 0 aromatic carbocycles. The van der Waals surface area contributed by atoms with Crippen molar-refractivity contribution in [2.75, 3.05) is 13.1 Å². The molecule has 1 saturated heterocycles. The first-order valence-corrected chi connectivity index (χ1v) is 7.86. The number of hydrogen-bond donors (Lipinski definition) is 0. The number of hydrogen-bond acceptors (Lipinski definition) is 1. The molecular weight excluding hydrogens is 150 g/mol. The fourth-order valence-electron chi connectivity index (χ4n) is 1.08. The summed E-state index contributed by atoms with van der Waals surface area (Å²) in [5, 5.41) is 0. The Balaban J connectivity index is 2.42. The van der Waals surface area contributed by atoms with Gasteiger partial charge in [0.05, 0.1) is 0 Å². The highest BCUT2D eigenvalue weighted by Crippen LogP contribution is 2.05. The lowest BCUT2D eigenvalue weighted by molar-refractivity contribution is 0.496. The van der Waals surface area contributed by atoms with Crippen molar-refractivity contribution in [1.82, 2.24) is 4.90 Å². The van der Waals surface area contributed by atoms with Gasteiger partial charge in [0.25, 0.3) is 0 Å². The van der Waals surface area contributed by atoms with Gasteiger partial charge < -0.3 is 4.90 Å². The van der Waals surface area contributed by atoms with Crippen molar-refractivity contribution < 1.29 is 0 Å². The summed E-state index contributed by atoms with van der Waals surface area (Å²) in [5.74, 6) is 0. The SMILES string of the molecule is C[Si](C)(C)C#CN1CCCC1. The molecule has 1 aliphatic heterocycles. The zero-order valence-corrected chi connectivity index (χ0v) is 8.78. The normalized spacial score (nSPS) is 17.9. The fourth-order valence-corrected chi connectivity index (χ4v) is 1.57. The van der Waals surface area contributed by atoms with E-state index in [0.717, 1.165) is 0 Å². The Morgan fingerprint density at radius 1 is 1.09 bits per heavy atom. The van der Waals surface area contributed by atoms with E-state index in [2.05, 4.69) is 36.1 Å². The first kappa shape index (κ1) is 8.67. The van der Waals surface area contributed by atoms with Crippen molar-refractivity contribution in [1.29, 1.82) is 0 Å². The molecule has 0 aliphatic carbocycles. The van der Waals surface area contributed by atoms with Crippen LogP contribution in [0.2, 0.25) is 19.6 Å². The zero-order valence-electron chi connectivity index (χ0n) is 7.78. The molecule has 1 fully saturated rings. The van der Waals surface area contributed by atoms with Gasteiger partial charge in [-0.2, -0.15) is 0 Å². The first-order valence-electron chi connectivity index (χ1n) is 4.36. The van der Waals surface area contributed by atoms with E-state index in [1.807, 2.05) is 0 Å². The molecule has 0 spiro atoms. The lowest BCUT2D eigenvalue weighted by atomic mass is 10.4. The van der Waals surface area contributed by atoms with Crippen LogP contribution >= 0.6 is 0 Å². The largest absolute Gasteiger partial charge is 0.333 e. The summed E-state index contributed by atoms with van der Waals surface area (Å²) >= 11 is 0. The zero-order chi connectivity index (χ0) is 8.32. The molecule has 1 heterocycles. The Morgan fingerprint density at radius 2 is 1.64 bits per heavy atom. The van der Waals surface area contributed by atoms with Gasteiger partial charge in [-0.15, -0.1) is 5.54 Å². The van der Waals surface area contributed by atoms with E-state index in [-0.39, 0.29) is 0 Å². The lowest BCUT2D eigenvalue weighted by Crippen LogP contribution is -2.19. The van der Waals surface area contributed by atoms with Crippen molar-refractivity contribution in [2.24, 2.45) is 0 Å². The van der Waals surface area contributed by atoms with Crippen LogP contribution in [0.3, 0.4) is 0 Å². The predicted molar refractivity (Wildman–Crippen MR) is 51.9 cm³/mol. The molecule has 0 N–H and O–H groups in total. The van der Waals surface area contributed by atoms with Gasteiger partial charge in [0.15, 0.2) is 0 Å². The van der Waals surface area contributed by atoms with E-state index in [0.29, 0.717) is 0 Å². The number of rotatable bonds is 0. The average molecular weight is 167 g/mol. The standard InChI is InChI=1S/C9H17NSi/c1-11(2,3)9-8-10-6-4-5-7-10/h4-7H2,1-3H3. The maximum Gasteiger partial charge on any atom is 0.131 e. The second kappa shape index (κ2) is 3.32. The summed E-state index contributed by atoms with van der Waals surface area (Å²) in [5.41, 5.74) is 3.38. The van der Waals surface area contributed by atoms with Crippen molar-refractivity contribution in [3.63, 3.8) is 0 Å². The summed E-state index contributed by atoms with van der Waals surface area (Å²) in [6, 6.07) is 3.27. The molecule has 0 aromatic rings. The highest BCUT2D eigenvalue weighted by molar-refractivity contribution is 6.83. The Kier molecular flexibility index (Phi) is 2.61. The second-order valence-electron chi connectivity index (χ2n) is 4.18. The van der Waals surface area contributed by atoms with Crippen molar-refractivity contribution >= 4 is 8.07 Å². The topological polar surface area (TPSA) is 3.24 Å². The molecule has 0 saturated carbocycles. The first-order chi connectivity index (χ1) is 5.08. The average Bonchev–Trinajstić information content (AvgIpc) is 2.32. The van der Waals surface area contributed by atoms with E-state index >= 15 is 0 Å². The third kappa shape index (κ3) is 3.48. The van der Waals surface area contributed by atoms with Gasteiger partial charge in [-0.25, -0.2) is 0 Å². The Morgan fingerprint density at radius 3 is 2.09 bits per heavy atom. The van der Waals surface area contributed by atoms with Crippen LogP contribution in [0.5, 0.6) is 0 Å². The van der Waals surface area contributed by atoms with Gasteiger partial charge in [0.1, 0.15) is 8.07 Å². The van der Waals surface area contributed by atoms with E-state index < -0.39 is 8.07 Å². The van der Waals surface area contributed by atoms with E-state index in [1.54, 1.807) is 0 Å². The molecule has 0 aromatic heterocycles. The molecule has 0 radical (unpaired) electrons. The third-order valence-electron chi connectivity index (χ3n) is 1.70. The minimum atomic E-state index is -1.13. The van der Waals surface area contributed by atoms with Gasteiger partial charge in [0, 0.05) is 13.1 Å². The fraction of sp³-hybridized carbons (Fsp3) is 0.778. The molecule has 0 amide bonds. The summed E-state index contributed by atoms with van der Waals surface area (Å²) in [6.07, 6.45) is 2.67. The molecule has 0 atom stereocenters. The minimum Gasteiger partial charge on any atom is -0.333 e. The van der Waals surface area contributed by atoms with Crippen LogP contribution in [0.25, 0.3) is 0 Å². The highest BCUT2D eigenvalue weighted by Gasteiger charge is 2.10. The number of likely N-dealkylation sites (tertiary alicyclic amines) is 1. The molecule has 1 aliphatic rings. The van der Waals surface area contributed by atoms with Crippen LogP contribution < -0.4 is 0 Å². The summed E-state index contributed by atoms with van der Waals surface area (Å²) in [6.45, 7) is 9.25. The van der Waals surface area contributed by atoms with Crippen LogP contribution in [0, 0.1) is 11.6 Å². The molecule has 62 valence electrons. The van der Waals surface area contributed by atoms with Gasteiger partial charge in [-0.3, -0.25) is 0 Å². The second-order valence-corrected chi connectivity index (χ2v) is 8.93. The molecule has 11 heavy (non-hydrogen) atoms. The Labute approximate surface area is 70.8 Å². The Hall–Kier alpha value is -0.423. The smallest absolute Gasteiger partial charge is 0.131 e.